The van der Waals surface area contributed by atoms with Gasteiger partial charge in [-0.25, -0.2) is 0 Å². The van der Waals surface area contributed by atoms with Crippen molar-refractivity contribution in [1.82, 2.24) is 4.90 Å². The van der Waals surface area contributed by atoms with Crippen molar-refractivity contribution in [1.29, 1.82) is 0 Å². The monoisotopic (exact) mass is 424 g/mol. The van der Waals surface area contributed by atoms with Gasteiger partial charge in [-0.2, -0.15) is 13.2 Å². The summed E-state index contributed by atoms with van der Waals surface area (Å²) in [7, 11) is 1.37. The first-order valence-corrected chi connectivity index (χ1v) is 9.09. The second kappa shape index (κ2) is 10.8. The largest absolute Gasteiger partial charge is 0.493 e. The van der Waals surface area contributed by atoms with Gasteiger partial charge in [0, 0.05) is 25.6 Å². The van der Waals surface area contributed by atoms with Crippen LogP contribution in [0.3, 0.4) is 0 Å². The molecule has 0 spiro atoms. The number of hydrogen-bond donors (Lipinski definition) is 1. The predicted molar refractivity (Wildman–Crippen MR) is 103 cm³/mol. The first-order chi connectivity index (χ1) is 12.7. The highest BCUT2D eigenvalue weighted by Crippen LogP contribution is 2.30. The van der Waals surface area contributed by atoms with E-state index < -0.39 is 12.8 Å². The molecule has 1 aromatic carbocycles. The number of aryl methyl sites for hydroxylation is 1. The highest BCUT2D eigenvalue weighted by atomic mass is 35.5. The number of nitrogens with zero attached hydrogens (tertiary/aromatic N) is 1. The van der Waals surface area contributed by atoms with Crippen molar-refractivity contribution in [3.63, 3.8) is 0 Å². The molecule has 2 rings (SSSR count). The summed E-state index contributed by atoms with van der Waals surface area (Å²) in [5.74, 6) is 0.793. The van der Waals surface area contributed by atoms with E-state index in [1.54, 1.807) is 12.1 Å². The molecule has 0 aliphatic carbocycles. The summed E-state index contributed by atoms with van der Waals surface area (Å²) in [6.45, 7) is 2.06. The SMILES string of the molecule is COc1cc(CCC(=O)N2CCC(C(C)N)CC2)ccc1OCC(F)(F)F.Cl. The number of ether oxygens (including phenoxy) is 2. The number of likely N-dealkylation sites (tertiary alicyclic amines) is 1. The molecule has 1 saturated heterocycles. The molecule has 1 aliphatic heterocycles. The van der Waals surface area contributed by atoms with Crippen LogP contribution in [0.15, 0.2) is 18.2 Å². The molecular formula is C19H28ClF3N2O3. The number of halogens is 4. The smallest absolute Gasteiger partial charge is 0.422 e. The van der Waals surface area contributed by atoms with Gasteiger partial charge in [0.2, 0.25) is 5.91 Å². The van der Waals surface area contributed by atoms with Crippen LogP contribution < -0.4 is 15.2 Å². The van der Waals surface area contributed by atoms with E-state index in [1.165, 1.54) is 13.2 Å². The summed E-state index contributed by atoms with van der Waals surface area (Å²) in [5, 5.41) is 0. The van der Waals surface area contributed by atoms with Crippen LogP contribution in [0.2, 0.25) is 0 Å². The maximum absolute atomic E-state index is 12.4. The van der Waals surface area contributed by atoms with E-state index in [2.05, 4.69) is 0 Å². The number of piperidine rings is 1. The fourth-order valence-electron chi connectivity index (χ4n) is 3.23. The number of rotatable bonds is 7. The zero-order valence-corrected chi connectivity index (χ0v) is 16.9. The Labute approximate surface area is 169 Å². The van der Waals surface area contributed by atoms with Crippen molar-refractivity contribution in [2.75, 3.05) is 26.8 Å². The van der Waals surface area contributed by atoms with Crippen molar-refractivity contribution in [2.24, 2.45) is 11.7 Å². The predicted octanol–water partition coefficient (Wildman–Crippen LogP) is 3.58. The first kappa shape index (κ1) is 24.4. The van der Waals surface area contributed by atoms with E-state index in [-0.39, 0.29) is 35.9 Å². The van der Waals surface area contributed by atoms with Crippen molar-refractivity contribution < 1.29 is 27.4 Å². The summed E-state index contributed by atoms with van der Waals surface area (Å²) in [5.41, 5.74) is 6.73. The highest BCUT2D eigenvalue weighted by Gasteiger charge is 2.29. The Balaban J connectivity index is 0.00000392. The van der Waals surface area contributed by atoms with Crippen molar-refractivity contribution in [3.8, 4) is 11.5 Å². The lowest BCUT2D eigenvalue weighted by atomic mass is 9.91. The Morgan fingerprint density at radius 1 is 1.29 bits per heavy atom. The summed E-state index contributed by atoms with van der Waals surface area (Å²) in [6, 6.07) is 4.86. The molecule has 1 amide bonds. The molecule has 2 N–H and O–H groups in total. The van der Waals surface area contributed by atoms with Gasteiger partial charge in [-0.1, -0.05) is 6.07 Å². The normalized spacial score (nSPS) is 16.3. The van der Waals surface area contributed by atoms with Crippen molar-refractivity contribution >= 4 is 18.3 Å². The van der Waals surface area contributed by atoms with Gasteiger partial charge in [0.05, 0.1) is 7.11 Å². The molecule has 0 bridgehead atoms. The maximum Gasteiger partial charge on any atom is 0.422 e. The number of nitrogens with two attached hydrogens (primary N) is 1. The third kappa shape index (κ3) is 7.39. The highest BCUT2D eigenvalue weighted by molar-refractivity contribution is 5.85. The van der Waals surface area contributed by atoms with Crippen LogP contribution in [0.1, 0.15) is 31.7 Å². The van der Waals surface area contributed by atoms with Crippen molar-refractivity contribution in [2.45, 2.75) is 44.8 Å². The Kier molecular flexibility index (Phi) is 9.36. The molecule has 1 unspecified atom stereocenters. The molecule has 1 aliphatic rings. The first-order valence-electron chi connectivity index (χ1n) is 9.09. The standard InChI is InChI=1S/C19H27F3N2O3.ClH/c1-13(23)15-7-9-24(10-8-15)18(25)6-4-14-3-5-16(17(11-14)26-2)27-12-19(20,21)22;/h3,5,11,13,15H,4,6-10,12,23H2,1-2H3;1H. The zero-order valence-electron chi connectivity index (χ0n) is 16.1. The molecule has 160 valence electrons. The molecule has 1 heterocycles. The zero-order chi connectivity index (χ0) is 20.0. The molecule has 0 saturated carbocycles. The average Bonchev–Trinajstić information content (AvgIpc) is 2.64. The molecule has 5 nitrogen and oxygen atoms in total. The topological polar surface area (TPSA) is 64.8 Å². The van der Waals surface area contributed by atoms with E-state index in [0.717, 1.165) is 31.5 Å². The van der Waals surface area contributed by atoms with Gasteiger partial charge in [-0.3, -0.25) is 4.79 Å². The molecule has 1 fully saturated rings. The minimum Gasteiger partial charge on any atom is -0.493 e. The van der Waals surface area contributed by atoms with Crippen LogP contribution in [0.5, 0.6) is 11.5 Å². The summed E-state index contributed by atoms with van der Waals surface area (Å²) in [4.78, 5) is 14.3. The lowest BCUT2D eigenvalue weighted by Gasteiger charge is -2.33. The van der Waals surface area contributed by atoms with Crippen LogP contribution in [-0.4, -0.2) is 49.8 Å². The van der Waals surface area contributed by atoms with Gasteiger partial charge in [0.15, 0.2) is 18.1 Å². The Morgan fingerprint density at radius 3 is 2.46 bits per heavy atom. The number of carbonyl (C=O) groups is 1. The van der Waals surface area contributed by atoms with Crippen molar-refractivity contribution in [3.05, 3.63) is 23.8 Å². The third-order valence-corrected chi connectivity index (χ3v) is 4.88. The van der Waals surface area contributed by atoms with Crippen LogP contribution in [0, 0.1) is 5.92 Å². The third-order valence-electron chi connectivity index (χ3n) is 4.88. The maximum atomic E-state index is 12.4. The quantitative estimate of drug-likeness (QED) is 0.726. The van der Waals surface area contributed by atoms with Gasteiger partial charge >= 0.3 is 6.18 Å². The number of alkyl halides is 3. The molecule has 9 heteroatoms. The Hall–Kier alpha value is -1.67. The number of methoxy groups -OCH3 is 1. The minimum atomic E-state index is -4.41. The van der Waals surface area contributed by atoms with E-state index in [4.69, 9.17) is 15.2 Å². The summed E-state index contributed by atoms with van der Waals surface area (Å²) >= 11 is 0. The second-order valence-corrected chi connectivity index (χ2v) is 6.97. The van der Waals surface area contributed by atoms with Gasteiger partial charge in [-0.05, 0) is 49.8 Å². The molecular weight excluding hydrogens is 397 g/mol. The van der Waals surface area contributed by atoms with E-state index in [0.29, 0.717) is 18.8 Å². The summed E-state index contributed by atoms with van der Waals surface area (Å²) in [6.07, 6.45) is -1.74. The number of hydrogen-bond acceptors (Lipinski definition) is 4. The van der Waals surface area contributed by atoms with Gasteiger partial charge in [-0.15, -0.1) is 12.4 Å². The molecule has 0 radical (unpaired) electrons. The van der Waals surface area contributed by atoms with Crippen LogP contribution in [0.4, 0.5) is 13.2 Å². The van der Waals surface area contributed by atoms with Gasteiger partial charge < -0.3 is 20.1 Å². The fraction of sp³-hybridized carbons (Fsp3) is 0.632. The minimum absolute atomic E-state index is 0. The van der Waals surface area contributed by atoms with E-state index in [1.807, 2.05) is 11.8 Å². The number of amides is 1. The lowest BCUT2D eigenvalue weighted by Crippen LogP contribution is -2.42. The second-order valence-electron chi connectivity index (χ2n) is 6.97. The number of benzene rings is 1. The van der Waals surface area contributed by atoms with Crippen LogP contribution in [-0.2, 0) is 11.2 Å². The van der Waals surface area contributed by atoms with Crippen LogP contribution in [0.25, 0.3) is 0 Å². The average molecular weight is 425 g/mol. The molecule has 1 aromatic rings. The molecule has 1 atom stereocenters. The van der Waals surface area contributed by atoms with Gasteiger partial charge in [0.25, 0.3) is 0 Å². The van der Waals surface area contributed by atoms with E-state index >= 15 is 0 Å². The lowest BCUT2D eigenvalue weighted by molar-refractivity contribution is -0.153. The Morgan fingerprint density at radius 2 is 1.93 bits per heavy atom. The molecule has 0 aromatic heterocycles. The Bertz CT molecular complexity index is 633. The number of carbonyl (C=O) groups excluding carboxylic acids is 1. The summed E-state index contributed by atoms with van der Waals surface area (Å²) < 4.78 is 46.8. The van der Waals surface area contributed by atoms with Crippen LogP contribution >= 0.6 is 12.4 Å². The fourth-order valence-corrected chi connectivity index (χ4v) is 3.23. The van der Waals surface area contributed by atoms with Gasteiger partial charge in [0.1, 0.15) is 0 Å². The van der Waals surface area contributed by atoms with E-state index in [9.17, 15) is 18.0 Å². The molecule has 28 heavy (non-hydrogen) atoms.